The predicted octanol–water partition coefficient (Wildman–Crippen LogP) is 1.61. The Hall–Kier alpha value is -1.47. The molecule has 2 heterocycles. The first-order chi connectivity index (χ1) is 8.74. The van der Waals surface area contributed by atoms with Gasteiger partial charge in [0.05, 0.1) is 12.1 Å². The molecule has 6 nitrogen and oxygen atoms in total. The summed E-state index contributed by atoms with van der Waals surface area (Å²) in [5.74, 6) is 0. The van der Waals surface area contributed by atoms with Crippen LogP contribution in [-0.2, 0) is 0 Å². The van der Waals surface area contributed by atoms with Crippen LogP contribution in [0.5, 0.6) is 0 Å². The van der Waals surface area contributed by atoms with Gasteiger partial charge in [0.2, 0.25) is 5.16 Å². The summed E-state index contributed by atoms with van der Waals surface area (Å²) in [7, 11) is 0. The Kier molecular flexibility index (Phi) is 3.00. The van der Waals surface area contributed by atoms with Gasteiger partial charge in [-0.05, 0) is 59.7 Å². The van der Waals surface area contributed by atoms with Gasteiger partial charge in [-0.2, -0.15) is 0 Å². The Morgan fingerprint density at radius 2 is 2.33 bits per heavy atom. The summed E-state index contributed by atoms with van der Waals surface area (Å²) >= 11 is 1.43. The minimum atomic E-state index is -0.494. The summed E-state index contributed by atoms with van der Waals surface area (Å²) in [6.45, 7) is 1.73. The second-order valence-electron chi connectivity index (χ2n) is 4.34. The van der Waals surface area contributed by atoms with Crippen molar-refractivity contribution in [3.05, 3.63) is 23.9 Å². The van der Waals surface area contributed by atoms with Gasteiger partial charge >= 0.3 is 0 Å². The molecule has 0 aliphatic heterocycles. The molecule has 1 N–H and O–H groups in total. The Labute approximate surface area is 108 Å². The van der Waals surface area contributed by atoms with E-state index in [1.54, 1.807) is 19.2 Å². The van der Waals surface area contributed by atoms with Crippen LogP contribution in [0.1, 0.15) is 37.5 Å². The molecule has 1 aliphatic carbocycles. The Morgan fingerprint density at radius 3 is 3.06 bits per heavy atom. The van der Waals surface area contributed by atoms with Gasteiger partial charge in [-0.3, -0.25) is 0 Å². The third-order valence-corrected chi connectivity index (χ3v) is 3.68. The second-order valence-corrected chi connectivity index (χ2v) is 5.33. The van der Waals surface area contributed by atoms with Crippen molar-refractivity contribution in [1.82, 2.24) is 25.2 Å². The smallest absolute Gasteiger partial charge is 0.215 e. The molecule has 1 unspecified atom stereocenters. The number of aliphatic hydroxyl groups is 1. The van der Waals surface area contributed by atoms with E-state index < -0.39 is 6.10 Å². The minimum Gasteiger partial charge on any atom is -0.389 e. The lowest BCUT2D eigenvalue weighted by Gasteiger charge is -2.06. The largest absolute Gasteiger partial charge is 0.389 e. The molecule has 3 rings (SSSR count). The van der Waals surface area contributed by atoms with Crippen LogP contribution in [0.3, 0.4) is 0 Å². The van der Waals surface area contributed by atoms with Crippen molar-refractivity contribution in [1.29, 1.82) is 0 Å². The zero-order chi connectivity index (χ0) is 12.5. The zero-order valence-electron chi connectivity index (χ0n) is 9.89. The maximum atomic E-state index is 9.54. The van der Waals surface area contributed by atoms with E-state index in [1.165, 1.54) is 11.8 Å². The van der Waals surface area contributed by atoms with E-state index in [4.69, 9.17) is 0 Å². The number of aromatic nitrogens is 5. The molecule has 0 amide bonds. The minimum absolute atomic E-state index is 0.447. The average Bonchev–Trinajstić information content (AvgIpc) is 3.11. The molecule has 18 heavy (non-hydrogen) atoms. The fourth-order valence-corrected chi connectivity index (χ4v) is 2.49. The van der Waals surface area contributed by atoms with Gasteiger partial charge in [0, 0.05) is 6.20 Å². The topological polar surface area (TPSA) is 76.7 Å². The molecule has 2 aromatic heterocycles. The van der Waals surface area contributed by atoms with E-state index in [9.17, 15) is 5.11 Å². The lowest BCUT2D eigenvalue weighted by atomic mass is 10.2. The Morgan fingerprint density at radius 1 is 1.50 bits per heavy atom. The van der Waals surface area contributed by atoms with Crippen molar-refractivity contribution in [2.24, 2.45) is 0 Å². The predicted molar refractivity (Wildman–Crippen MR) is 65.1 cm³/mol. The first-order valence-corrected chi connectivity index (χ1v) is 6.65. The normalized spacial score (nSPS) is 16.8. The number of hydrogen-bond acceptors (Lipinski definition) is 6. The van der Waals surface area contributed by atoms with E-state index >= 15 is 0 Å². The fraction of sp³-hybridized carbons (Fsp3) is 0.455. The van der Waals surface area contributed by atoms with Crippen LogP contribution in [0.2, 0.25) is 0 Å². The summed E-state index contributed by atoms with van der Waals surface area (Å²) in [5.41, 5.74) is 0.845. The molecule has 1 saturated carbocycles. The molecule has 1 aliphatic rings. The van der Waals surface area contributed by atoms with Crippen molar-refractivity contribution in [3.8, 4) is 0 Å². The molecule has 0 bridgehead atoms. The molecule has 0 radical (unpaired) electrons. The highest BCUT2D eigenvalue weighted by molar-refractivity contribution is 7.99. The number of pyridine rings is 1. The highest BCUT2D eigenvalue weighted by Crippen LogP contribution is 2.37. The monoisotopic (exact) mass is 263 g/mol. The van der Waals surface area contributed by atoms with Gasteiger partial charge in [0.1, 0.15) is 5.03 Å². The molecular weight excluding hydrogens is 250 g/mol. The van der Waals surface area contributed by atoms with Crippen LogP contribution in [0.25, 0.3) is 0 Å². The molecule has 1 fully saturated rings. The number of nitrogens with zero attached hydrogens (tertiary/aromatic N) is 5. The molecule has 0 saturated heterocycles. The summed E-state index contributed by atoms with van der Waals surface area (Å²) in [5, 5.41) is 22.8. The SMILES string of the molecule is CC(O)c1ccnc(Sc2nnnn2C2CC2)c1. The number of rotatable bonds is 4. The van der Waals surface area contributed by atoms with Crippen LogP contribution in [0.4, 0.5) is 0 Å². The quantitative estimate of drug-likeness (QED) is 0.903. The Balaban J connectivity index is 1.83. The maximum absolute atomic E-state index is 9.54. The first kappa shape index (κ1) is 11.6. The van der Waals surface area contributed by atoms with Crippen molar-refractivity contribution >= 4 is 11.8 Å². The third kappa shape index (κ3) is 2.37. The second kappa shape index (κ2) is 4.66. The van der Waals surface area contributed by atoms with Crippen LogP contribution in [0.15, 0.2) is 28.5 Å². The fourth-order valence-electron chi connectivity index (χ4n) is 1.63. The highest BCUT2D eigenvalue weighted by atomic mass is 32.2. The Bertz CT molecular complexity index is 552. The van der Waals surface area contributed by atoms with E-state index in [0.717, 1.165) is 28.6 Å². The standard InChI is InChI=1S/C11H13N5OS/c1-7(17)8-4-5-12-10(6-8)18-11-13-14-15-16(11)9-2-3-9/h4-7,9,17H,2-3H2,1H3. The van der Waals surface area contributed by atoms with E-state index in [0.29, 0.717) is 6.04 Å². The van der Waals surface area contributed by atoms with Crippen molar-refractivity contribution in [2.45, 2.75) is 42.1 Å². The summed E-state index contributed by atoms with van der Waals surface area (Å²) < 4.78 is 1.85. The van der Waals surface area contributed by atoms with Gasteiger partial charge in [0.25, 0.3) is 0 Å². The van der Waals surface area contributed by atoms with Crippen LogP contribution >= 0.6 is 11.8 Å². The number of aliphatic hydroxyl groups excluding tert-OH is 1. The lowest BCUT2D eigenvalue weighted by molar-refractivity contribution is 0.199. The van der Waals surface area contributed by atoms with Gasteiger partial charge in [-0.15, -0.1) is 5.10 Å². The average molecular weight is 263 g/mol. The lowest BCUT2D eigenvalue weighted by Crippen LogP contribution is -1.99. The van der Waals surface area contributed by atoms with Gasteiger partial charge < -0.3 is 5.11 Å². The van der Waals surface area contributed by atoms with Crippen molar-refractivity contribution < 1.29 is 5.11 Å². The highest BCUT2D eigenvalue weighted by Gasteiger charge is 2.28. The summed E-state index contributed by atoms with van der Waals surface area (Å²) in [6, 6.07) is 4.11. The van der Waals surface area contributed by atoms with Crippen molar-refractivity contribution in [2.75, 3.05) is 0 Å². The van der Waals surface area contributed by atoms with E-state index in [-0.39, 0.29) is 0 Å². The molecular formula is C11H13N5OS. The van der Waals surface area contributed by atoms with E-state index in [1.807, 2.05) is 10.7 Å². The first-order valence-electron chi connectivity index (χ1n) is 5.84. The van der Waals surface area contributed by atoms with Gasteiger partial charge in [0.15, 0.2) is 0 Å². The zero-order valence-corrected chi connectivity index (χ0v) is 10.7. The van der Waals surface area contributed by atoms with Crippen LogP contribution < -0.4 is 0 Å². The molecule has 0 spiro atoms. The summed E-state index contributed by atoms with van der Waals surface area (Å²) in [6.07, 6.45) is 3.47. The van der Waals surface area contributed by atoms with E-state index in [2.05, 4.69) is 20.5 Å². The van der Waals surface area contributed by atoms with Gasteiger partial charge in [-0.1, -0.05) is 0 Å². The molecule has 0 aromatic carbocycles. The van der Waals surface area contributed by atoms with Crippen LogP contribution in [-0.4, -0.2) is 30.3 Å². The van der Waals surface area contributed by atoms with Crippen LogP contribution in [0, 0.1) is 0 Å². The molecule has 1 atom stereocenters. The van der Waals surface area contributed by atoms with Crippen molar-refractivity contribution in [3.63, 3.8) is 0 Å². The summed E-state index contributed by atoms with van der Waals surface area (Å²) in [4.78, 5) is 4.26. The third-order valence-electron chi connectivity index (χ3n) is 2.79. The maximum Gasteiger partial charge on any atom is 0.215 e. The number of tetrazole rings is 1. The molecule has 94 valence electrons. The van der Waals surface area contributed by atoms with Gasteiger partial charge in [-0.25, -0.2) is 9.67 Å². The molecule has 2 aromatic rings. The molecule has 7 heteroatoms. The number of hydrogen-bond donors (Lipinski definition) is 1.